The zero-order valence-corrected chi connectivity index (χ0v) is 20.9. The minimum absolute atomic E-state index is 0.117. The Balaban J connectivity index is 2.31. The number of para-hydroxylation sites is 1. The van der Waals surface area contributed by atoms with Crippen molar-refractivity contribution in [3.05, 3.63) is 36.0 Å². The number of hydrogen-bond acceptors (Lipinski definition) is 5. The molecule has 192 valence electrons. The Kier molecular flexibility index (Phi) is 9.82. The lowest BCUT2D eigenvalue weighted by molar-refractivity contribution is -0.141. The number of carboxylic acid groups (broad SMARTS) is 1. The number of amides is 3. The number of carbonyl (C=O) groups excluding carboxylic acids is 3. The third-order valence-electron chi connectivity index (χ3n) is 6.28. The molecule has 0 radical (unpaired) electrons. The zero-order valence-electron chi connectivity index (χ0n) is 20.9. The summed E-state index contributed by atoms with van der Waals surface area (Å²) in [6, 6.07) is 3.64. The lowest BCUT2D eigenvalue weighted by atomic mass is 9.96. The van der Waals surface area contributed by atoms with E-state index in [4.69, 9.17) is 5.73 Å². The van der Waals surface area contributed by atoms with Crippen LogP contribution in [0, 0.1) is 11.8 Å². The van der Waals surface area contributed by atoms with Gasteiger partial charge in [-0.15, -0.1) is 0 Å². The number of aromatic nitrogens is 1. The maximum absolute atomic E-state index is 13.3. The van der Waals surface area contributed by atoms with E-state index in [1.807, 2.05) is 52.0 Å². The Bertz CT molecular complexity index is 1050. The van der Waals surface area contributed by atoms with Gasteiger partial charge in [0.15, 0.2) is 0 Å². The molecule has 3 amide bonds. The highest BCUT2D eigenvalue weighted by atomic mass is 16.4. The van der Waals surface area contributed by atoms with Gasteiger partial charge in [0.1, 0.15) is 18.1 Å². The summed E-state index contributed by atoms with van der Waals surface area (Å²) in [7, 11) is 0. The molecule has 0 aliphatic carbocycles. The first-order valence-electron chi connectivity index (χ1n) is 11.9. The van der Waals surface area contributed by atoms with E-state index in [1.54, 1.807) is 6.20 Å². The first-order chi connectivity index (χ1) is 16.5. The van der Waals surface area contributed by atoms with Crippen molar-refractivity contribution in [2.45, 2.75) is 71.6 Å². The van der Waals surface area contributed by atoms with Crippen molar-refractivity contribution in [1.82, 2.24) is 20.9 Å². The molecule has 0 saturated heterocycles. The maximum Gasteiger partial charge on any atom is 0.325 e. The monoisotopic (exact) mass is 487 g/mol. The average molecular weight is 488 g/mol. The van der Waals surface area contributed by atoms with Crippen molar-refractivity contribution in [3.8, 4) is 0 Å². The molecule has 1 heterocycles. The quantitative estimate of drug-likeness (QED) is 0.264. The second-order valence-corrected chi connectivity index (χ2v) is 9.33. The fourth-order valence-electron chi connectivity index (χ4n) is 3.62. The molecule has 0 bridgehead atoms. The lowest BCUT2D eigenvalue weighted by Crippen LogP contribution is -2.59. The number of benzene rings is 1. The molecule has 0 saturated carbocycles. The van der Waals surface area contributed by atoms with Gasteiger partial charge in [0.2, 0.25) is 17.7 Å². The summed E-state index contributed by atoms with van der Waals surface area (Å²) in [6.45, 7) is 8.69. The van der Waals surface area contributed by atoms with E-state index in [1.165, 1.54) is 6.92 Å². The van der Waals surface area contributed by atoms with Gasteiger partial charge in [-0.1, -0.05) is 52.3 Å². The Hall–Kier alpha value is -3.40. The molecule has 35 heavy (non-hydrogen) atoms. The normalized spacial score (nSPS) is 15.6. The van der Waals surface area contributed by atoms with E-state index in [0.717, 1.165) is 16.5 Å². The van der Waals surface area contributed by atoms with Gasteiger partial charge in [0, 0.05) is 23.5 Å². The number of aliphatic carboxylic acids is 1. The van der Waals surface area contributed by atoms with Crippen molar-refractivity contribution < 1.29 is 24.3 Å². The van der Waals surface area contributed by atoms with Crippen LogP contribution in [0.25, 0.3) is 10.9 Å². The minimum Gasteiger partial charge on any atom is -0.480 e. The van der Waals surface area contributed by atoms with E-state index in [-0.39, 0.29) is 18.3 Å². The average Bonchev–Trinajstić information content (AvgIpc) is 3.23. The van der Waals surface area contributed by atoms with Gasteiger partial charge in [0.25, 0.3) is 0 Å². The number of nitrogens with one attached hydrogen (secondary N) is 4. The number of carboxylic acids is 1. The SMILES string of the molecule is CCC(C)C(NC(=O)C(N)C(C)C)C(=O)NC(Cc1c[nH]c2ccccc12)C(=O)NC(C)C(=O)O. The maximum atomic E-state index is 13.3. The predicted molar refractivity (Wildman–Crippen MR) is 133 cm³/mol. The summed E-state index contributed by atoms with van der Waals surface area (Å²) in [6.07, 6.45) is 2.48. The summed E-state index contributed by atoms with van der Waals surface area (Å²) in [5, 5.41) is 18.0. The molecule has 10 nitrogen and oxygen atoms in total. The summed E-state index contributed by atoms with van der Waals surface area (Å²) in [5.41, 5.74) is 7.62. The van der Waals surface area contributed by atoms with Crippen molar-refractivity contribution in [1.29, 1.82) is 0 Å². The van der Waals surface area contributed by atoms with Gasteiger partial charge in [-0.25, -0.2) is 0 Å². The van der Waals surface area contributed by atoms with Gasteiger partial charge in [-0.2, -0.15) is 0 Å². The Morgan fingerprint density at radius 3 is 2.23 bits per heavy atom. The zero-order chi connectivity index (χ0) is 26.3. The molecule has 1 aromatic carbocycles. The molecule has 0 aliphatic heterocycles. The van der Waals surface area contributed by atoms with E-state index in [9.17, 15) is 24.3 Å². The van der Waals surface area contributed by atoms with Crippen LogP contribution in [0.15, 0.2) is 30.5 Å². The number of carbonyl (C=O) groups is 4. The van der Waals surface area contributed by atoms with Crippen LogP contribution in [0.3, 0.4) is 0 Å². The van der Waals surface area contributed by atoms with Crippen LogP contribution in [0.1, 0.15) is 46.6 Å². The number of hydrogen-bond donors (Lipinski definition) is 6. The van der Waals surface area contributed by atoms with E-state index in [2.05, 4.69) is 20.9 Å². The number of fused-ring (bicyclic) bond motifs is 1. The van der Waals surface area contributed by atoms with E-state index in [0.29, 0.717) is 6.42 Å². The summed E-state index contributed by atoms with van der Waals surface area (Å²) >= 11 is 0. The fraction of sp³-hybridized carbons (Fsp3) is 0.520. The fourth-order valence-corrected chi connectivity index (χ4v) is 3.62. The molecule has 0 spiro atoms. The third-order valence-corrected chi connectivity index (χ3v) is 6.28. The standard InChI is InChI=1S/C25H37N5O5/c1-6-14(4)21(30-23(32)20(26)13(2)3)24(33)29-19(22(31)28-15(5)25(34)35)11-16-12-27-18-10-8-7-9-17(16)18/h7-10,12-15,19-21,27H,6,11,26H2,1-5H3,(H,28,31)(H,29,33)(H,30,32)(H,34,35). The molecule has 10 heteroatoms. The first-order valence-corrected chi connectivity index (χ1v) is 11.9. The molecule has 5 unspecified atom stereocenters. The van der Waals surface area contributed by atoms with Crippen molar-refractivity contribution in [3.63, 3.8) is 0 Å². The lowest BCUT2D eigenvalue weighted by Gasteiger charge is -2.28. The molecule has 2 aromatic rings. The van der Waals surface area contributed by atoms with Crippen LogP contribution in [-0.4, -0.2) is 57.9 Å². The smallest absolute Gasteiger partial charge is 0.325 e. The molecule has 1 aromatic heterocycles. The molecular formula is C25H37N5O5. The molecular weight excluding hydrogens is 450 g/mol. The highest BCUT2D eigenvalue weighted by Crippen LogP contribution is 2.19. The highest BCUT2D eigenvalue weighted by molar-refractivity contribution is 5.95. The number of H-pyrrole nitrogens is 1. The number of aromatic amines is 1. The van der Waals surface area contributed by atoms with Crippen molar-refractivity contribution in [2.75, 3.05) is 0 Å². The van der Waals surface area contributed by atoms with Crippen LogP contribution < -0.4 is 21.7 Å². The molecule has 2 rings (SSSR count). The number of rotatable bonds is 12. The topological polar surface area (TPSA) is 166 Å². The van der Waals surface area contributed by atoms with Crippen LogP contribution in [0.5, 0.6) is 0 Å². The predicted octanol–water partition coefficient (Wildman–Crippen LogP) is 1.30. The third kappa shape index (κ3) is 7.29. The first kappa shape index (κ1) is 27.8. The number of nitrogens with two attached hydrogens (primary N) is 1. The highest BCUT2D eigenvalue weighted by Gasteiger charge is 2.32. The summed E-state index contributed by atoms with van der Waals surface area (Å²) in [4.78, 5) is 53.4. The van der Waals surface area contributed by atoms with Gasteiger partial charge >= 0.3 is 5.97 Å². The largest absolute Gasteiger partial charge is 0.480 e. The molecule has 0 fully saturated rings. The van der Waals surface area contributed by atoms with E-state index < -0.39 is 47.9 Å². The van der Waals surface area contributed by atoms with Gasteiger partial charge in [0.05, 0.1) is 6.04 Å². The molecule has 5 atom stereocenters. The van der Waals surface area contributed by atoms with Crippen molar-refractivity contribution in [2.24, 2.45) is 17.6 Å². The van der Waals surface area contributed by atoms with E-state index >= 15 is 0 Å². The second-order valence-electron chi connectivity index (χ2n) is 9.33. The van der Waals surface area contributed by atoms with Crippen LogP contribution in [0.4, 0.5) is 0 Å². The Morgan fingerprint density at radius 2 is 1.63 bits per heavy atom. The van der Waals surface area contributed by atoms with Crippen LogP contribution in [-0.2, 0) is 25.6 Å². The van der Waals surface area contributed by atoms with Crippen molar-refractivity contribution >= 4 is 34.6 Å². The van der Waals surface area contributed by atoms with Gasteiger partial charge < -0.3 is 31.8 Å². The molecule has 7 N–H and O–H groups in total. The summed E-state index contributed by atoms with van der Waals surface area (Å²) in [5.74, 6) is -3.15. The van der Waals surface area contributed by atoms with Gasteiger partial charge in [-0.05, 0) is 30.4 Å². The Morgan fingerprint density at radius 1 is 0.971 bits per heavy atom. The van der Waals surface area contributed by atoms with Crippen LogP contribution in [0.2, 0.25) is 0 Å². The molecule has 0 aliphatic rings. The summed E-state index contributed by atoms with van der Waals surface area (Å²) < 4.78 is 0. The van der Waals surface area contributed by atoms with Crippen LogP contribution >= 0.6 is 0 Å². The van der Waals surface area contributed by atoms with Gasteiger partial charge in [-0.3, -0.25) is 19.2 Å². The second kappa shape index (κ2) is 12.3. The Labute approximate surface area is 205 Å². The minimum atomic E-state index is -1.19.